The third-order valence-electron chi connectivity index (χ3n) is 3.20. The molecule has 0 radical (unpaired) electrons. The number of halogens is 1. The Hall–Kier alpha value is -1.14. The van der Waals surface area contributed by atoms with Gasteiger partial charge in [-0.2, -0.15) is 5.10 Å². The van der Waals surface area contributed by atoms with E-state index in [9.17, 15) is 5.11 Å². The topological polar surface area (TPSA) is 55.9 Å². The Morgan fingerprint density at radius 2 is 2.21 bits per heavy atom. The summed E-state index contributed by atoms with van der Waals surface area (Å²) >= 11 is 3.53. The number of aliphatic hydroxyl groups is 1. The van der Waals surface area contributed by atoms with E-state index in [-0.39, 0.29) is 0 Å². The second-order valence-electron chi connectivity index (χ2n) is 4.70. The zero-order chi connectivity index (χ0) is 14.0. The molecule has 1 unspecified atom stereocenters. The van der Waals surface area contributed by atoms with Crippen molar-refractivity contribution < 1.29 is 5.11 Å². The molecule has 0 bridgehead atoms. The Morgan fingerprint density at radius 3 is 2.79 bits per heavy atom. The third-order valence-corrected chi connectivity index (χ3v) is 4.23. The predicted octanol–water partition coefficient (Wildman–Crippen LogP) is 2.37. The summed E-state index contributed by atoms with van der Waals surface area (Å²) in [5, 5.41) is 14.7. The molecule has 0 saturated heterocycles. The van der Waals surface area contributed by atoms with Crippen molar-refractivity contribution in [1.82, 2.24) is 19.3 Å². The molecular formula is C13H19BrN4O. The summed E-state index contributed by atoms with van der Waals surface area (Å²) in [6.07, 6.45) is 4.47. The van der Waals surface area contributed by atoms with Crippen LogP contribution in [0.2, 0.25) is 0 Å². The maximum Gasteiger partial charge on any atom is 0.101 e. The highest BCUT2D eigenvalue weighted by Gasteiger charge is 2.18. The molecule has 1 atom stereocenters. The fourth-order valence-corrected chi connectivity index (χ4v) is 2.72. The zero-order valence-corrected chi connectivity index (χ0v) is 13.1. The first-order chi connectivity index (χ1) is 9.04. The molecule has 0 fully saturated rings. The highest BCUT2D eigenvalue weighted by atomic mass is 79.9. The van der Waals surface area contributed by atoms with E-state index in [2.05, 4.69) is 32.9 Å². The van der Waals surface area contributed by atoms with E-state index in [0.29, 0.717) is 6.42 Å². The number of aromatic nitrogens is 4. The Kier molecular flexibility index (Phi) is 4.42. The van der Waals surface area contributed by atoms with Crippen LogP contribution in [0.15, 0.2) is 17.0 Å². The van der Waals surface area contributed by atoms with Crippen molar-refractivity contribution in [1.29, 1.82) is 0 Å². The van der Waals surface area contributed by atoms with Gasteiger partial charge in [0.15, 0.2) is 0 Å². The van der Waals surface area contributed by atoms with Crippen LogP contribution in [0.4, 0.5) is 0 Å². The largest absolute Gasteiger partial charge is 0.386 e. The van der Waals surface area contributed by atoms with Crippen molar-refractivity contribution in [3.05, 3.63) is 34.1 Å². The molecule has 0 saturated carbocycles. The summed E-state index contributed by atoms with van der Waals surface area (Å²) in [5.74, 6) is 0. The molecule has 1 N–H and O–H groups in total. The van der Waals surface area contributed by atoms with Crippen LogP contribution in [0.1, 0.15) is 36.5 Å². The summed E-state index contributed by atoms with van der Waals surface area (Å²) in [5.41, 5.74) is 2.79. The number of rotatable bonds is 5. The van der Waals surface area contributed by atoms with E-state index in [1.165, 1.54) is 0 Å². The van der Waals surface area contributed by atoms with E-state index in [1.54, 1.807) is 12.5 Å². The van der Waals surface area contributed by atoms with Gasteiger partial charge >= 0.3 is 0 Å². The van der Waals surface area contributed by atoms with E-state index in [0.717, 1.165) is 34.5 Å². The Morgan fingerprint density at radius 1 is 1.47 bits per heavy atom. The Bertz CT molecular complexity index is 561. The van der Waals surface area contributed by atoms with Gasteiger partial charge in [-0.05, 0) is 29.3 Å². The predicted molar refractivity (Wildman–Crippen MR) is 76.8 cm³/mol. The van der Waals surface area contributed by atoms with Gasteiger partial charge in [-0.1, -0.05) is 6.92 Å². The number of nitrogens with zero attached hydrogens (tertiary/aromatic N) is 4. The lowest BCUT2D eigenvalue weighted by atomic mass is 10.1. The number of aryl methyl sites for hydroxylation is 3. The van der Waals surface area contributed by atoms with Crippen molar-refractivity contribution in [3.8, 4) is 0 Å². The van der Waals surface area contributed by atoms with Gasteiger partial charge in [0.25, 0.3) is 0 Å². The van der Waals surface area contributed by atoms with E-state index in [4.69, 9.17) is 0 Å². The van der Waals surface area contributed by atoms with Crippen LogP contribution < -0.4 is 0 Å². The lowest BCUT2D eigenvalue weighted by molar-refractivity contribution is 0.166. The van der Waals surface area contributed by atoms with Gasteiger partial charge in [-0.25, -0.2) is 4.98 Å². The average Bonchev–Trinajstić information content (AvgIpc) is 2.91. The first-order valence-electron chi connectivity index (χ1n) is 6.40. The normalized spacial score (nSPS) is 12.9. The summed E-state index contributed by atoms with van der Waals surface area (Å²) < 4.78 is 4.78. The fraction of sp³-hybridized carbons (Fsp3) is 0.538. The van der Waals surface area contributed by atoms with E-state index < -0.39 is 6.10 Å². The summed E-state index contributed by atoms with van der Waals surface area (Å²) in [7, 11) is 1.89. The van der Waals surface area contributed by atoms with Gasteiger partial charge in [0.2, 0.25) is 0 Å². The van der Waals surface area contributed by atoms with Gasteiger partial charge in [-0.15, -0.1) is 0 Å². The average molecular weight is 327 g/mol. The molecule has 6 heteroatoms. The molecule has 2 heterocycles. The zero-order valence-electron chi connectivity index (χ0n) is 11.5. The molecule has 19 heavy (non-hydrogen) atoms. The molecular weight excluding hydrogens is 308 g/mol. The number of aliphatic hydroxyl groups excluding tert-OH is 1. The molecule has 104 valence electrons. The van der Waals surface area contributed by atoms with Gasteiger partial charge in [0, 0.05) is 20.0 Å². The van der Waals surface area contributed by atoms with Crippen LogP contribution in [0.5, 0.6) is 0 Å². The van der Waals surface area contributed by atoms with Crippen molar-refractivity contribution in [2.75, 3.05) is 0 Å². The summed E-state index contributed by atoms with van der Waals surface area (Å²) in [6, 6.07) is 0. The SMILES string of the molecule is CCCn1cncc1C(O)Cc1c(Br)c(C)nn1C. The molecule has 2 aromatic heterocycles. The lowest BCUT2D eigenvalue weighted by Crippen LogP contribution is -2.11. The third kappa shape index (κ3) is 2.90. The first-order valence-corrected chi connectivity index (χ1v) is 7.20. The number of imidazole rings is 1. The van der Waals surface area contributed by atoms with Gasteiger partial charge in [-0.3, -0.25) is 4.68 Å². The van der Waals surface area contributed by atoms with Crippen molar-refractivity contribution in [3.63, 3.8) is 0 Å². The summed E-state index contributed by atoms with van der Waals surface area (Å²) in [6.45, 7) is 4.93. The van der Waals surface area contributed by atoms with E-state index >= 15 is 0 Å². The minimum atomic E-state index is -0.569. The smallest absolute Gasteiger partial charge is 0.101 e. The first kappa shape index (κ1) is 14.3. The molecule has 5 nitrogen and oxygen atoms in total. The summed E-state index contributed by atoms with van der Waals surface area (Å²) in [4.78, 5) is 4.12. The van der Waals surface area contributed by atoms with Crippen LogP contribution in [-0.2, 0) is 20.0 Å². The van der Waals surface area contributed by atoms with Crippen LogP contribution in [-0.4, -0.2) is 24.4 Å². The molecule has 0 aliphatic rings. The molecule has 2 rings (SSSR count). The quantitative estimate of drug-likeness (QED) is 0.917. The fourth-order valence-electron chi connectivity index (χ4n) is 2.23. The van der Waals surface area contributed by atoms with Gasteiger partial charge < -0.3 is 9.67 Å². The molecule has 2 aromatic rings. The van der Waals surface area contributed by atoms with Crippen LogP contribution in [0.3, 0.4) is 0 Å². The van der Waals surface area contributed by atoms with Crippen molar-refractivity contribution in [2.24, 2.45) is 7.05 Å². The second-order valence-corrected chi connectivity index (χ2v) is 5.49. The van der Waals surface area contributed by atoms with Crippen LogP contribution in [0.25, 0.3) is 0 Å². The Labute approximate surface area is 121 Å². The number of hydrogen-bond donors (Lipinski definition) is 1. The lowest BCUT2D eigenvalue weighted by Gasteiger charge is -2.13. The standard InChI is InChI=1S/C13H19BrN4O/c1-4-5-18-8-15-7-11(18)12(19)6-10-13(14)9(2)16-17(10)3/h7-8,12,19H,4-6H2,1-3H3. The van der Waals surface area contributed by atoms with Crippen LogP contribution >= 0.6 is 15.9 Å². The van der Waals surface area contributed by atoms with Crippen molar-refractivity contribution in [2.45, 2.75) is 39.3 Å². The highest BCUT2D eigenvalue weighted by Crippen LogP contribution is 2.25. The van der Waals surface area contributed by atoms with Gasteiger partial charge in [0.05, 0.1) is 34.1 Å². The van der Waals surface area contributed by atoms with E-state index in [1.807, 2.05) is 23.2 Å². The Balaban J connectivity index is 2.20. The minimum absolute atomic E-state index is 0.521. The maximum atomic E-state index is 10.4. The van der Waals surface area contributed by atoms with Crippen molar-refractivity contribution >= 4 is 15.9 Å². The molecule has 0 spiro atoms. The monoisotopic (exact) mass is 326 g/mol. The van der Waals surface area contributed by atoms with Crippen LogP contribution in [0, 0.1) is 6.92 Å². The molecule has 0 aliphatic heterocycles. The molecule has 0 aliphatic carbocycles. The maximum absolute atomic E-state index is 10.4. The second kappa shape index (κ2) is 5.88. The molecule has 0 aromatic carbocycles. The highest BCUT2D eigenvalue weighted by molar-refractivity contribution is 9.10. The van der Waals surface area contributed by atoms with Gasteiger partial charge in [0.1, 0.15) is 6.10 Å². The number of hydrogen-bond acceptors (Lipinski definition) is 3. The molecule has 0 amide bonds. The minimum Gasteiger partial charge on any atom is -0.386 e.